The first-order valence-electron chi connectivity index (χ1n) is 9.38. The van der Waals surface area contributed by atoms with Gasteiger partial charge in [0, 0.05) is 18.3 Å². The molecule has 4 rings (SSSR count). The molecular formula is C21H23N5O3. The van der Waals surface area contributed by atoms with E-state index in [0.29, 0.717) is 18.8 Å². The van der Waals surface area contributed by atoms with Gasteiger partial charge < -0.3 is 14.5 Å². The van der Waals surface area contributed by atoms with Gasteiger partial charge in [-0.3, -0.25) is 9.58 Å². The maximum absolute atomic E-state index is 13.0. The first-order valence-corrected chi connectivity index (χ1v) is 9.38. The minimum Gasteiger partial charge on any atom is -0.371 e. The van der Waals surface area contributed by atoms with Crippen LogP contribution < -0.4 is 4.90 Å². The first kappa shape index (κ1) is 18.9. The van der Waals surface area contributed by atoms with E-state index in [0.717, 1.165) is 28.1 Å². The highest BCUT2D eigenvalue weighted by molar-refractivity contribution is 5.94. The summed E-state index contributed by atoms with van der Waals surface area (Å²) in [6, 6.07) is 7.52. The number of hydrogen-bond acceptors (Lipinski definition) is 5. The monoisotopic (exact) mass is 393 g/mol. The Morgan fingerprint density at radius 2 is 2.10 bits per heavy atom. The highest BCUT2D eigenvalue weighted by Crippen LogP contribution is 2.26. The van der Waals surface area contributed by atoms with Crippen molar-refractivity contribution in [3.05, 3.63) is 71.4 Å². The van der Waals surface area contributed by atoms with Crippen LogP contribution in [0, 0.1) is 13.8 Å². The Kier molecular flexibility index (Phi) is 4.94. The second-order valence-electron chi connectivity index (χ2n) is 7.12. The van der Waals surface area contributed by atoms with Crippen LogP contribution in [0.4, 0.5) is 10.5 Å². The minimum absolute atomic E-state index is 0.222. The van der Waals surface area contributed by atoms with Gasteiger partial charge in [-0.25, -0.2) is 4.79 Å². The van der Waals surface area contributed by atoms with Crippen LogP contribution in [-0.4, -0.2) is 43.7 Å². The fourth-order valence-corrected chi connectivity index (χ4v) is 3.59. The molecule has 1 N–H and O–H groups in total. The highest BCUT2D eigenvalue weighted by Gasteiger charge is 2.38. The first-order chi connectivity index (χ1) is 14.0. The summed E-state index contributed by atoms with van der Waals surface area (Å²) in [6.07, 6.45) is 4.16. The number of aliphatic hydroxyl groups is 1. The number of β-amino-alcohol motifs (C(OH)–C–C–N with tert-alkyl or cyclic N) is 1. The highest BCUT2D eigenvalue weighted by atomic mass is 16.5. The number of rotatable bonds is 6. The summed E-state index contributed by atoms with van der Waals surface area (Å²) in [6.45, 7) is 8.66. The summed E-state index contributed by atoms with van der Waals surface area (Å²) >= 11 is 0. The average Bonchev–Trinajstić information content (AvgIpc) is 3.37. The summed E-state index contributed by atoms with van der Waals surface area (Å²) in [5.74, 6) is 0.740. The van der Waals surface area contributed by atoms with Gasteiger partial charge in [-0.15, -0.1) is 0 Å². The third-order valence-corrected chi connectivity index (χ3v) is 5.19. The summed E-state index contributed by atoms with van der Waals surface area (Å²) in [5.41, 5.74) is 4.27. The van der Waals surface area contributed by atoms with E-state index >= 15 is 0 Å². The number of urea groups is 1. The van der Waals surface area contributed by atoms with Crippen molar-refractivity contribution in [3.8, 4) is 0 Å². The molecule has 2 amide bonds. The molecule has 1 atom stereocenters. The summed E-state index contributed by atoms with van der Waals surface area (Å²) in [4.78, 5) is 16.0. The van der Waals surface area contributed by atoms with Crippen LogP contribution in [0.1, 0.15) is 28.1 Å². The van der Waals surface area contributed by atoms with Crippen molar-refractivity contribution in [1.82, 2.24) is 19.8 Å². The third-order valence-electron chi connectivity index (χ3n) is 5.19. The Labute approximate surface area is 168 Å². The Hall–Kier alpha value is -3.39. The van der Waals surface area contributed by atoms with E-state index in [-0.39, 0.29) is 12.6 Å². The molecule has 1 unspecified atom stereocenters. The van der Waals surface area contributed by atoms with Gasteiger partial charge >= 0.3 is 6.03 Å². The number of aromatic nitrogens is 3. The van der Waals surface area contributed by atoms with Crippen molar-refractivity contribution in [2.24, 2.45) is 0 Å². The Bertz CT molecular complexity index is 1030. The van der Waals surface area contributed by atoms with Crippen LogP contribution in [0.25, 0.3) is 6.08 Å². The molecule has 0 bridgehead atoms. The second kappa shape index (κ2) is 7.56. The van der Waals surface area contributed by atoms with Crippen LogP contribution in [0.2, 0.25) is 0 Å². The summed E-state index contributed by atoms with van der Waals surface area (Å²) < 4.78 is 6.89. The Balaban J connectivity index is 1.51. The summed E-state index contributed by atoms with van der Waals surface area (Å²) in [5, 5.41) is 18.8. The number of carbonyl (C=O) groups is 1. The molecule has 3 aromatic rings. The van der Waals surface area contributed by atoms with E-state index in [4.69, 9.17) is 4.52 Å². The van der Waals surface area contributed by atoms with Crippen molar-refractivity contribution < 1.29 is 14.4 Å². The quantitative estimate of drug-likeness (QED) is 0.696. The van der Waals surface area contributed by atoms with Gasteiger partial charge in [0.1, 0.15) is 5.76 Å². The van der Waals surface area contributed by atoms with Crippen LogP contribution in [0.3, 0.4) is 0 Å². The lowest BCUT2D eigenvalue weighted by Crippen LogP contribution is -2.34. The van der Waals surface area contributed by atoms with Crippen molar-refractivity contribution in [2.75, 3.05) is 11.4 Å². The molecule has 0 aliphatic carbocycles. The number of hydrogen-bond donors (Lipinski definition) is 1. The molecule has 8 heteroatoms. The smallest absolute Gasteiger partial charge is 0.327 e. The molecular weight excluding hydrogens is 370 g/mol. The molecule has 1 aromatic carbocycles. The molecule has 29 heavy (non-hydrogen) atoms. The standard InChI is InChI=1S/C21H23N5O3/c1-4-16-7-5-6-8-17(16)10-24-13-20(27)26(21(24)28)18-9-22-25(11-18)12-19-14(2)23-29-15(19)3/h4-9,11,20,27H,1,10,12-13H2,2-3H3. The number of aryl methyl sites for hydroxylation is 2. The number of nitrogens with zero attached hydrogens (tertiary/aromatic N) is 5. The average molecular weight is 393 g/mol. The molecule has 0 saturated carbocycles. The third kappa shape index (κ3) is 3.54. The van der Waals surface area contributed by atoms with Crippen LogP contribution >= 0.6 is 0 Å². The van der Waals surface area contributed by atoms with Gasteiger partial charge in [-0.05, 0) is 25.0 Å². The van der Waals surface area contributed by atoms with E-state index in [2.05, 4.69) is 16.8 Å². The topological polar surface area (TPSA) is 87.6 Å². The Morgan fingerprint density at radius 3 is 2.83 bits per heavy atom. The largest absolute Gasteiger partial charge is 0.371 e. The van der Waals surface area contributed by atoms with Gasteiger partial charge in [0.25, 0.3) is 0 Å². The molecule has 1 aliphatic rings. The lowest BCUT2D eigenvalue weighted by Gasteiger charge is -2.18. The molecule has 1 saturated heterocycles. The zero-order valence-corrected chi connectivity index (χ0v) is 16.4. The predicted molar refractivity (Wildman–Crippen MR) is 108 cm³/mol. The SMILES string of the molecule is C=Cc1ccccc1CN1CC(O)N(c2cnn(Cc3c(C)noc3C)c2)C1=O. The zero-order valence-electron chi connectivity index (χ0n) is 16.4. The lowest BCUT2D eigenvalue weighted by molar-refractivity contribution is 0.175. The number of anilines is 1. The van der Waals surface area contributed by atoms with Crippen LogP contribution in [0.15, 0.2) is 47.8 Å². The fourth-order valence-electron chi connectivity index (χ4n) is 3.59. The molecule has 3 heterocycles. The van der Waals surface area contributed by atoms with Crippen molar-refractivity contribution in [2.45, 2.75) is 33.2 Å². The second-order valence-corrected chi connectivity index (χ2v) is 7.12. The van der Waals surface area contributed by atoms with Gasteiger partial charge in [0.15, 0.2) is 6.23 Å². The van der Waals surface area contributed by atoms with E-state index in [1.165, 1.54) is 4.90 Å². The van der Waals surface area contributed by atoms with E-state index in [9.17, 15) is 9.90 Å². The van der Waals surface area contributed by atoms with Crippen molar-refractivity contribution in [1.29, 1.82) is 0 Å². The Morgan fingerprint density at radius 1 is 1.31 bits per heavy atom. The number of aliphatic hydroxyl groups excluding tert-OH is 1. The molecule has 2 aromatic heterocycles. The maximum atomic E-state index is 13.0. The van der Waals surface area contributed by atoms with Crippen molar-refractivity contribution >= 4 is 17.8 Å². The minimum atomic E-state index is -0.935. The molecule has 0 spiro atoms. The number of benzene rings is 1. The van der Waals surface area contributed by atoms with Crippen LogP contribution in [-0.2, 0) is 13.1 Å². The normalized spacial score (nSPS) is 16.7. The molecule has 1 fully saturated rings. The molecule has 1 aliphatic heterocycles. The zero-order chi connectivity index (χ0) is 20.5. The van der Waals surface area contributed by atoms with Gasteiger partial charge in [0.2, 0.25) is 0 Å². The van der Waals surface area contributed by atoms with Crippen LogP contribution in [0.5, 0.6) is 0 Å². The van der Waals surface area contributed by atoms with Crippen molar-refractivity contribution in [3.63, 3.8) is 0 Å². The van der Waals surface area contributed by atoms with E-state index in [1.807, 2.05) is 38.1 Å². The van der Waals surface area contributed by atoms with Gasteiger partial charge in [-0.1, -0.05) is 42.1 Å². The van der Waals surface area contributed by atoms with Gasteiger partial charge in [0.05, 0.1) is 30.7 Å². The van der Waals surface area contributed by atoms with E-state index < -0.39 is 6.23 Å². The number of carbonyl (C=O) groups excluding carboxylic acids is 1. The molecule has 8 nitrogen and oxygen atoms in total. The summed E-state index contributed by atoms with van der Waals surface area (Å²) in [7, 11) is 0. The maximum Gasteiger partial charge on any atom is 0.327 e. The lowest BCUT2D eigenvalue weighted by atomic mass is 10.1. The van der Waals surface area contributed by atoms with E-state index in [1.54, 1.807) is 28.1 Å². The predicted octanol–water partition coefficient (Wildman–Crippen LogP) is 2.94. The van der Waals surface area contributed by atoms with Gasteiger partial charge in [-0.2, -0.15) is 5.10 Å². The fraction of sp³-hybridized carbons (Fsp3) is 0.286. The number of amides is 2. The molecule has 0 radical (unpaired) electrons. The molecule has 150 valence electrons.